The summed E-state index contributed by atoms with van der Waals surface area (Å²) < 4.78 is 10.2. The number of unbranched alkanes of at least 4 members (excludes halogenated alkanes) is 2. The van der Waals surface area contributed by atoms with Crippen molar-refractivity contribution in [2.24, 2.45) is 11.8 Å². The fraction of sp³-hybridized carbons (Fsp3) is 0.750. The van der Waals surface area contributed by atoms with E-state index in [2.05, 4.69) is 0 Å². The molecule has 122 valence electrons. The number of rotatable bonds is 11. The Labute approximate surface area is 132 Å². The molecule has 0 bridgehead atoms. The van der Waals surface area contributed by atoms with Crippen LogP contribution in [-0.2, 0) is 19.1 Å². The van der Waals surface area contributed by atoms with E-state index in [1.54, 1.807) is 0 Å². The van der Waals surface area contributed by atoms with Crippen molar-refractivity contribution in [2.45, 2.75) is 52.4 Å². The first-order chi connectivity index (χ1) is 10.6. The van der Waals surface area contributed by atoms with E-state index in [9.17, 15) is 9.59 Å². The van der Waals surface area contributed by atoms with Crippen LogP contribution in [0.1, 0.15) is 52.4 Å². The van der Waals surface area contributed by atoms with E-state index in [1.165, 1.54) is 0 Å². The van der Waals surface area contributed by atoms with E-state index < -0.39 is 17.9 Å². The molecule has 0 spiro atoms. The zero-order valence-corrected chi connectivity index (χ0v) is 13.3. The fourth-order valence-corrected chi connectivity index (χ4v) is 2.01. The van der Waals surface area contributed by atoms with Crippen molar-refractivity contribution in [3.8, 4) is 12.1 Å². The lowest BCUT2D eigenvalue weighted by Gasteiger charge is -2.20. The van der Waals surface area contributed by atoms with Crippen molar-refractivity contribution in [2.75, 3.05) is 13.2 Å². The highest BCUT2D eigenvalue weighted by Crippen LogP contribution is 2.21. The monoisotopic (exact) mass is 308 g/mol. The summed E-state index contributed by atoms with van der Waals surface area (Å²) in [7, 11) is 0. The number of hydrogen-bond acceptors (Lipinski definition) is 6. The fourth-order valence-electron chi connectivity index (χ4n) is 2.01. The molecular formula is C16H24N2O4. The van der Waals surface area contributed by atoms with Gasteiger partial charge in [-0.25, -0.2) is 0 Å². The molecule has 1 unspecified atom stereocenters. The van der Waals surface area contributed by atoms with Gasteiger partial charge in [0.1, 0.15) is 0 Å². The topological polar surface area (TPSA) is 100 Å². The Balaban J connectivity index is 4.53. The van der Waals surface area contributed by atoms with E-state index in [0.717, 1.165) is 6.42 Å². The van der Waals surface area contributed by atoms with Gasteiger partial charge in [-0.15, -0.1) is 0 Å². The predicted molar refractivity (Wildman–Crippen MR) is 79.2 cm³/mol. The standard InChI is InChI=1S/C16H24N2O4/c1-3-8-13(2)14(15(19)21-11-6-4-9-17)16(20)22-12-7-5-10-18/h13-14H,3-8,11-12H2,1-2H3. The van der Waals surface area contributed by atoms with Crippen LogP contribution in [-0.4, -0.2) is 25.2 Å². The van der Waals surface area contributed by atoms with Crippen LogP contribution in [0.4, 0.5) is 0 Å². The van der Waals surface area contributed by atoms with Gasteiger partial charge in [-0.05, 0) is 25.2 Å². The molecule has 0 saturated heterocycles. The maximum atomic E-state index is 12.1. The van der Waals surface area contributed by atoms with Crippen molar-refractivity contribution in [3.05, 3.63) is 0 Å². The van der Waals surface area contributed by atoms with Crippen LogP contribution in [0.15, 0.2) is 0 Å². The molecule has 22 heavy (non-hydrogen) atoms. The first-order valence-corrected chi connectivity index (χ1v) is 7.65. The van der Waals surface area contributed by atoms with E-state index in [4.69, 9.17) is 20.0 Å². The molecule has 0 heterocycles. The Kier molecular flexibility index (Phi) is 11.4. The molecule has 0 fully saturated rings. The van der Waals surface area contributed by atoms with Gasteiger partial charge in [-0.3, -0.25) is 9.59 Å². The molecule has 0 saturated carbocycles. The van der Waals surface area contributed by atoms with Crippen molar-refractivity contribution < 1.29 is 19.1 Å². The Hall–Kier alpha value is -2.08. The minimum Gasteiger partial charge on any atom is -0.465 e. The summed E-state index contributed by atoms with van der Waals surface area (Å²) in [5.41, 5.74) is 0. The van der Waals surface area contributed by atoms with Crippen LogP contribution in [0, 0.1) is 34.5 Å². The second-order valence-electron chi connectivity index (χ2n) is 5.10. The number of hydrogen-bond donors (Lipinski definition) is 0. The highest BCUT2D eigenvalue weighted by atomic mass is 16.6. The molecule has 0 aliphatic carbocycles. The van der Waals surface area contributed by atoms with Gasteiger partial charge < -0.3 is 9.47 Å². The SMILES string of the molecule is CCCC(C)C(C(=O)OCCCC#N)C(=O)OCCCC#N. The van der Waals surface area contributed by atoms with Crippen LogP contribution < -0.4 is 0 Å². The summed E-state index contributed by atoms with van der Waals surface area (Å²) in [6.45, 7) is 4.05. The Morgan fingerprint density at radius 3 is 1.82 bits per heavy atom. The number of carbonyl (C=O) groups excluding carboxylic acids is 2. The second-order valence-corrected chi connectivity index (χ2v) is 5.10. The smallest absolute Gasteiger partial charge is 0.320 e. The molecular weight excluding hydrogens is 284 g/mol. The highest BCUT2D eigenvalue weighted by molar-refractivity contribution is 5.95. The van der Waals surface area contributed by atoms with Gasteiger partial charge in [0.2, 0.25) is 0 Å². The molecule has 0 aromatic heterocycles. The second kappa shape index (κ2) is 12.6. The van der Waals surface area contributed by atoms with E-state index in [0.29, 0.717) is 32.1 Å². The zero-order chi connectivity index (χ0) is 16.8. The molecule has 0 amide bonds. The van der Waals surface area contributed by atoms with Crippen LogP contribution in [0.25, 0.3) is 0 Å². The van der Waals surface area contributed by atoms with Crippen LogP contribution in [0.3, 0.4) is 0 Å². The number of nitrogens with zero attached hydrogens (tertiary/aromatic N) is 2. The number of nitriles is 2. The molecule has 6 nitrogen and oxygen atoms in total. The predicted octanol–water partition coefficient (Wildman–Crippen LogP) is 2.73. The quantitative estimate of drug-likeness (QED) is 0.330. The summed E-state index contributed by atoms with van der Waals surface area (Å²) in [5.74, 6) is -2.30. The number of esters is 2. The average Bonchev–Trinajstić information content (AvgIpc) is 2.48. The third-order valence-corrected chi connectivity index (χ3v) is 3.18. The van der Waals surface area contributed by atoms with Gasteiger partial charge in [-0.2, -0.15) is 10.5 Å². The lowest BCUT2D eigenvalue weighted by atomic mass is 9.90. The van der Waals surface area contributed by atoms with Gasteiger partial charge in [0.25, 0.3) is 0 Å². The lowest BCUT2D eigenvalue weighted by Crippen LogP contribution is -2.33. The van der Waals surface area contributed by atoms with Crippen LogP contribution in [0.2, 0.25) is 0 Å². The normalized spacial score (nSPS) is 11.3. The van der Waals surface area contributed by atoms with E-state index in [1.807, 2.05) is 26.0 Å². The number of carbonyl (C=O) groups is 2. The third kappa shape index (κ3) is 8.26. The molecule has 0 aromatic carbocycles. The Morgan fingerprint density at radius 1 is 1.00 bits per heavy atom. The largest absolute Gasteiger partial charge is 0.465 e. The van der Waals surface area contributed by atoms with Crippen LogP contribution in [0.5, 0.6) is 0 Å². The van der Waals surface area contributed by atoms with Crippen molar-refractivity contribution in [1.82, 2.24) is 0 Å². The highest BCUT2D eigenvalue weighted by Gasteiger charge is 2.34. The molecule has 1 atom stereocenters. The minimum absolute atomic E-state index is 0.128. The van der Waals surface area contributed by atoms with Gasteiger partial charge in [0.05, 0.1) is 25.4 Å². The molecule has 0 rings (SSSR count). The molecule has 6 heteroatoms. The average molecular weight is 308 g/mol. The summed E-state index contributed by atoms with van der Waals surface area (Å²) in [6, 6.07) is 3.93. The molecule has 0 N–H and O–H groups in total. The Morgan fingerprint density at radius 2 is 1.45 bits per heavy atom. The first-order valence-electron chi connectivity index (χ1n) is 7.65. The zero-order valence-electron chi connectivity index (χ0n) is 13.3. The molecule has 0 aliphatic rings. The first kappa shape index (κ1) is 19.9. The third-order valence-electron chi connectivity index (χ3n) is 3.18. The van der Waals surface area contributed by atoms with Gasteiger partial charge in [0, 0.05) is 12.8 Å². The van der Waals surface area contributed by atoms with Gasteiger partial charge in [0.15, 0.2) is 5.92 Å². The summed E-state index contributed by atoms with van der Waals surface area (Å²) in [4.78, 5) is 24.2. The maximum absolute atomic E-state index is 12.1. The van der Waals surface area contributed by atoms with Gasteiger partial charge >= 0.3 is 11.9 Å². The lowest BCUT2D eigenvalue weighted by molar-refractivity contribution is -0.165. The molecule has 0 aromatic rings. The summed E-state index contributed by atoms with van der Waals surface area (Å²) in [6.07, 6.45) is 3.08. The van der Waals surface area contributed by atoms with E-state index in [-0.39, 0.29) is 19.1 Å². The van der Waals surface area contributed by atoms with Crippen molar-refractivity contribution >= 4 is 11.9 Å². The minimum atomic E-state index is -0.941. The van der Waals surface area contributed by atoms with Crippen molar-refractivity contribution in [3.63, 3.8) is 0 Å². The summed E-state index contributed by atoms with van der Waals surface area (Å²) >= 11 is 0. The molecule has 0 radical (unpaired) electrons. The number of ether oxygens (including phenoxy) is 2. The summed E-state index contributed by atoms with van der Waals surface area (Å²) in [5, 5.41) is 16.9. The van der Waals surface area contributed by atoms with E-state index >= 15 is 0 Å². The van der Waals surface area contributed by atoms with Gasteiger partial charge in [-0.1, -0.05) is 20.3 Å². The van der Waals surface area contributed by atoms with Crippen molar-refractivity contribution in [1.29, 1.82) is 10.5 Å². The van der Waals surface area contributed by atoms with Crippen LogP contribution >= 0.6 is 0 Å². The Bertz CT molecular complexity index is 389. The molecule has 0 aliphatic heterocycles. The maximum Gasteiger partial charge on any atom is 0.320 e.